The topological polar surface area (TPSA) is 49.1 Å². The highest BCUT2D eigenvalue weighted by atomic mass is 32.2. The molecular formula is C2H4N2O2S. The fraction of sp³-hybridized carbons (Fsp3) is 1.00. The molecule has 0 aromatic rings. The summed E-state index contributed by atoms with van der Waals surface area (Å²) in [6.45, 7) is 0. The normalized spacial score (nSPS) is 34.3. The van der Waals surface area contributed by atoms with Crippen LogP contribution in [0.15, 0.2) is 0 Å². The van der Waals surface area contributed by atoms with Gasteiger partial charge < -0.3 is 0 Å². The fourth-order valence-corrected chi connectivity index (χ4v) is 1.10. The summed E-state index contributed by atoms with van der Waals surface area (Å²) in [6.07, 6.45) is 0. The summed E-state index contributed by atoms with van der Waals surface area (Å²) < 4.78 is 2.87. The van der Waals surface area contributed by atoms with Gasteiger partial charge >= 0.3 is 6.03 Å². The van der Waals surface area contributed by atoms with E-state index >= 15 is 0 Å². The van der Waals surface area contributed by atoms with E-state index in [1.54, 1.807) is 0 Å². The van der Waals surface area contributed by atoms with E-state index in [1.807, 2.05) is 0 Å². The summed E-state index contributed by atoms with van der Waals surface area (Å²) in [5.41, 5.74) is 0. The minimum Gasteiger partial charge on any atom is -0.237 e. The molecule has 4 nitrogen and oxygen atoms in total. The lowest BCUT2D eigenvalue weighted by Crippen LogP contribution is -2.33. The zero-order valence-electron chi connectivity index (χ0n) is 3.43. The summed E-state index contributed by atoms with van der Waals surface area (Å²) in [4.78, 5) is 9.03. The summed E-state index contributed by atoms with van der Waals surface area (Å²) >= 11 is 1.53. The molecule has 7 heavy (non-hydrogen) atoms. The molecule has 0 aromatic heterocycles. The van der Waals surface area contributed by atoms with Crippen molar-refractivity contribution in [2.45, 2.75) is 6.03 Å². The maximum absolute atomic E-state index is 4.51. The zero-order chi connectivity index (χ0) is 4.74. The Labute approximate surface area is 44.6 Å². The van der Waals surface area contributed by atoms with Gasteiger partial charge in [-0.2, -0.15) is 14.5 Å². The average molecular weight is 120 g/mol. The molecule has 5 heteroatoms. The van der Waals surface area contributed by atoms with Crippen LogP contribution in [0.5, 0.6) is 0 Å². The van der Waals surface area contributed by atoms with Gasteiger partial charge in [0.1, 0.15) is 0 Å². The molecule has 0 radical (unpaired) electrons. The standard InChI is InChI=1S/C2H4N2O2S/c1-3-2(4-7-1)5-6-2/h3-4H,1H2. The maximum atomic E-state index is 4.51. The first-order valence-corrected chi connectivity index (χ1v) is 2.91. The van der Waals surface area contributed by atoms with Gasteiger partial charge in [-0.15, -0.1) is 0 Å². The Morgan fingerprint density at radius 2 is 2.43 bits per heavy atom. The van der Waals surface area contributed by atoms with Crippen molar-refractivity contribution in [2.75, 3.05) is 5.88 Å². The van der Waals surface area contributed by atoms with Gasteiger partial charge in [0.2, 0.25) is 0 Å². The molecule has 0 amide bonds. The molecule has 2 aliphatic heterocycles. The quantitative estimate of drug-likeness (QED) is 0.253. The number of hydrogen-bond acceptors (Lipinski definition) is 5. The second kappa shape index (κ2) is 1.12. The highest BCUT2D eigenvalue weighted by Crippen LogP contribution is 2.29. The van der Waals surface area contributed by atoms with Crippen molar-refractivity contribution < 1.29 is 9.78 Å². The van der Waals surface area contributed by atoms with Crippen LogP contribution in [0.4, 0.5) is 0 Å². The minimum atomic E-state index is -0.593. The van der Waals surface area contributed by atoms with Crippen LogP contribution in [-0.4, -0.2) is 11.9 Å². The average Bonchev–Trinajstić information content (AvgIpc) is 2.15. The van der Waals surface area contributed by atoms with Crippen molar-refractivity contribution in [1.29, 1.82) is 0 Å². The Morgan fingerprint density at radius 1 is 1.57 bits per heavy atom. The molecule has 2 N–H and O–H groups in total. The lowest BCUT2D eigenvalue weighted by molar-refractivity contribution is 0.0850. The van der Waals surface area contributed by atoms with Crippen molar-refractivity contribution in [3.63, 3.8) is 0 Å². The third-order valence-corrected chi connectivity index (χ3v) is 1.54. The molecule has 40 valence electrons. The Kier molecular flexibility index (Phi) is 0.658. The molecule has 0 bridgehead atoms. The predicted molar refractivity (Wildman–Crippen MR) is 23.6 cm³/mol. The van der Waals surface area contributed by atoms with E-state index < -0.39 is 6.03 Å². The van der Waals surface area contributed by atoms with Crippen LogP contribution in [0.1, 0.15) is 0 Å². The first-order chi connectivity index (χ1) is 3.41. The van der Waals surface area contributed by atoms with Crippen LogP contribution in [0.2, 0.25) is 0 Å². The lowest BCUT2D eigenvalue weighted by atomic mass is 10.9. The van der Waals surface area contributed by atoms with Gasteiger partial charge in [0.15, 0.2) is 0 Å². The summed E-state index contributed by atoms with van der Waals surface area (Å²) in [7, 11) is 0. The van der Waals surface area contributed by atoms with E-state index in [2.05, 4.69) is 19.8 Å². The highest BCUT2D eigenvalue weighted by Gasteiger charge is 2.52. The minimum absolute atomic E-state index is 0.593. The summed E-state index contributed by atoms with van der Waals surface area (Å²) in [5, 5.41) is 2.91. The fourth-order valence-electron chi connectivity index (χ4n) is 0.433. The second-order valence-electron chi connectivity index (χ2n) is 1.35. The van der Waals surface area contributed by atoms with Gasteiger partial charge in [-0.3, -0.25) is 0 Å². The van der Waals surface area contributed by atoms with Crippen LogP contribution < -0.4 is 10.0 Å². The Bertz CT molecular complexity index is 85.7. The third kappa shape index (κ3) is 0.540. The van der Waals surface area contributed by atoms with Crippen LogP contribution in [0.3, 0.4) is 0 Å². The molecule has 0 saturated carbocycles. The van der Waals surface area contributed by atoms with E-state index in [0.717, 1.165) is 5.88 Å². The Balaban J connectivity index is 2.07. The van der Waals surface area contributed by atoms with Gasteiger partial charge in [-0.05, 0) is 0 Å². The van der Waals surface area contributed by atoms with Gasteiger partial charge in [-0.1, -0.05) is 11.9 Å². The summed E-state index contributed by atoms with van der Waals surface area (Å²) in [6, 6.07) is -0.593. The largest absolute Gasteiger partial charge is 0.358 e. The second-order valence-corrected chi connectivity index (χ2v) is 2.13. The Hall–Kier alpha value is 0.190. The van der Waals surface area contributed by atoms with Crippen molar-refractivity contribution in [2.24, 2.45) is 0 Å². The van der Waals surface area contributed by atoms with Crippen LogP contribution in [0, 0.1) is 0 Å². The van der Waals surface area contributed by atoms with Crippen LogP contribution >= 0.6 is 11.9 Å². The monoisotopic (exact) mass is 120 g/mol. The third-order valence-electron chi connectivity index (χ3n) is 0.834. The van der Waals surface area contributed by atoms with Crippen molar-refractivity contribution in [3.8, 4) is 0 Å². The number of nitrogens with one attached hydrogen (secondary N) is 2. The van der Waals surface area contributed by atoms with Gasteiger partial charge in [-0.25, -0.2) is 5.32 Å². The van der Waals surface area contributed by atoms with E-state index in [-0.39, 0.29) is 0 Å². The molecule has 2 heterocycles. The molecule has 2 rings (SSSR count). The van der Waals surface area contributed by atoms with Gasteiger partial charge in [0, 0.05) is 0 Å². The number of rotatable bonds is 0. The SMILES string of the molecule is C1NC2(NS1)OO2. The molecule has 2 saturated heterocycles. The smallest absolute Gasteiger partial charge is 0.237 e. The zero-order valence-corrected chi connectivity index (χ0v) is 4.25. The maximum Gasteiger partial charge on any atom is 0.358 e. The van der Waals surface area contributed by atoms with Gasteiger partial charge in [0.05, 0.1) is 5.88 Å². The van der Waals surface area contributed by atoms with Crippen molar-refractivity contribution >= 4 is 11.9 Å². The molecular weight excluding hydrogens is 116 g/mol. The van der Waals surface area contributed by atoms with Crippen LogP contribution in [-0.2, 0) is 9.78 Å². The summed E-state index contributed by atoms with van der Waals surface area (Å²) in [5.74, 6) is 0.833. The van der Waals surface area contributed by atoms with E-state index in [4.69, 9.17) is 0 Å². The molecule has 0 atom stereocenters. The van der Waals surface area contributed by atoms with E-state index in [9.17, 15) is 0 Å². The van der Waals surface area contributed by atoms with Gasteiger partial charge in [0.25, 0.3) is 0 Å². The van der Waals surface area contributed by atoms with Crippen molar-refractivity contribution in [1.82, 2.24) is 10.0 Å². The van der Waals surface area contributed by atoms with Crippen LogP contribution in [0.25, 0.3) is 0 Å². The number of hydrogen-bond donors (Lipinski definition) is 2. The Morgan fingerprint density at radius 3 is 2.71 bits per heavy atom. The first-order valence-electron chi connectivity index (χ1n) is 1.92. The predicted octanol–water partition coefficient (Wildman–Crippen LogP) is -0.642. The molecule has 1 spiro atoms. The van der Waals surface area contributed by atoms with E-state index in [1.165, 1.54) is 11.9 Å². The van der Waals surface area contributed by atoms with E-state index in [0.29, 0.717) is 0 Å². The first kappa shape index (κ1) is 4.11. The molecule has 2 fully saturated rings. The molecule has 0 aliphatic carbocycles. The molecule has 0 unspecified atom stereocenters. The molecule has 0 aromatic carbocycles. The lowest BCUT2D eigenvalue weighted by Gasteiger charge is -1.88. The highest BCUT2D eigenvalue weighted by molar-refractivity contribution is 7.97. The molecule has 2 aliphatic rings. The van der Waals surface area contributed by atoms with Crippen molar-refractivity contribution in [3.05, 3.63) is 0 Å².